The third-order valence-corrected chi connectivity index (χ3v) is 3.52. The summed E-state index contributed by atoms with van der Waals surface area (Å²) in [5, 5.41) is 0. The maximum absolute atomic E-state index is 5.83. The highest BCUT2D eigenvalue weighted by Gasteiger charge is 2.09. The number of imidazole rings is 2. The minimum Gasteiger partial charge on any atom is -0.399 e. The van der Waals surface area contributed by atoms with Gasteiger partial charge in [-0.25, -0.2) is 9.97 Å². The summed E-state index contributed by atoms with van der Waals surface area (Å²) in [5.74, 6) is 1.12. The molecule has 1 aromatic carbocycles. The van der Waals surface area contributed by atoms with Crippen LogP contribution in [0.5, 0.6) is 0 Å². The highest BCUT2D eigenvalue weighted by molar-refractivity contribution is 5.79. The number of benzene rings is 1. The molecular formula is C15H19N5. The number of nitrogens with two attached hydrogens (primary N) is 1. The summed E-state index contributed by atoms with van der Waals surface area (Å²) in [4.78, 5) is 8.73. The summed E-state index contributed by atoms with van der Waals surface area (Å²) >= 11 is 0. The smallest absolute Gasteiger partial charge is 0.109 e. The third kappa shape index (κ3) is 2.39. The summed E-state index contributed by atoms with van der Waals surface area (Å²) in [6, 6.07) is 5.95. The van der Waals surface area contributed by atoms with E-state index in [1.807, 2.05) is 30.9 Å². The van der Waals surface area contributed by atoms with E-state index in [9.17, 15) is 0 Å². The van der Waals surface area contributed by atoms with Gasteiger partial charge < -0.3 is 14.9 Å². The van der Waals surface area contributed by atoms with Crippen LogP contribution in [0.15, 0.2) is 36.9 Å². The van der Waals surface area contributed by atoms with Crippen LogP contribution in [0.3, 0.4) is 0 Å². The van der Waals surface area contributed by atoms with Crippen molar-refractivity contribution in [3.63, 3.8) is 0 Å². The van der Waals surface area contributed by atoms with Gasteiger partial charge in [0.2, 0.25) is 0 Å². The number of aryl methyl sites for hydroxylation is 3. The number of aromatic nitrogens is 4. The predicted octanol–water partition coefficient (Wildman–Crippen LogP) is 2.47. The largest absolute Gasteiger partial charge is 0.399 e. The molecule has 0 unspecified atom stereocenters. The fraction of sp³-hybridized carbons (Fsp3) is 0.333. The van der Waals surface area contributed by atoms with Crippen LogP contribution in [0.2, 0.25) is 0 Å². The van der Waals surface area contributed by atoms with Crippen LogP contribution >= 0.6 is 0 Å². The summed E-state index contributed by atoms with van der Waals surface area (Å²) < 4.78 is 4.40. The first-order valence-electron chi connectivity index (χ1n) is 6.98. The van der Waals surface area contributed by atoms with Gasteiger partial charge in [-0.3, -0.25) is 0 Å². The number of hydrogen-bond acceptors (Lipinski definition) is 3. The Morgan fingerprint density at radius 3 is 2.90 bits per heavy atom. The Hall–Kier alpha value is -2.30. The lowest BCUT2D eigenvalue weighted by atomic mass is 10.3. The Balaban J connectivity index is 1.82. The summed E-state index contributed by atoms with van der Waals surface area (Å²) in [6.07, 6.45) is 7.65. The van der Waals surface area contributed by atoms with E-state index >= 15 is 0 Å². The van der Waals surface area contributed by atoms with Crippen molar-refractivity contribution in [3.8, 4) is 0 Å². The summed E-state index contributed by atoms with van der Waals surface area (Å²) in [6.45, 7) is 4.07. The van der Waals surface area contributed by atoms with Gasteiger partial charge in [-0.05, 0) is 24.6 Å². The van der Waals surface area contributed by atoms with Crippen molar-refractivity contribution in [2.24, 2.45) is 0 Å². The van der Waals surface area contributed by atoms with Gasteiger partial charge in [0.1, 0.15) is 5.82 Å². The molecule has 0 aliphatic heterocycles. The molecule has 0 saturated heterocycles. The van der Waals surface area contributed by atoms with E-state index in [1.165, 1.54) is 5.52 Å². The predicted molar refractivity (Wildman–Crippen MR) is 80.4 cm³/mol. The van der Waals surface area contributed by atoms with Crippen molar-refractivity contribution in [2.45, 2.75) is 32.9 Å². The Morgan fingerprint density at radius 1 is 1.25 bits per heavy atom. The average Bonchev–Trinajstić information content (AvgIpc) is 3.06. The van der Waals surface area contributed by atoms with E-state index < -0.39 is 0 Å². The van der Waals surface area contributed by atoms with Gasteiger partial charge in [-0.1, -0.05) is 6.92 Å². The van der Waals surface area contributed by atoms with E-state index in [4.69, 9.17) is 5.73 Å². The highest BCUT2D eigenvalue weighted by atomic mass is 15.1. The number of anilines is 1. The number of hydrogen-bond donors (Lipinski definition) is 1. The van der Waals surface area contributed by atoms with Crippen LogP contribution in [-0.4, -0.2) is 19.1 Å². The topological polar surface area (TPSA) is 61.7 Å². The van der Waals surface area contributed by atoms with Crippen LogP contribution in [0.1, 0.15) is 19.2 Å². The molecule has 0 aliphatic rings. The Kier molecular flexibility index (Phi) is 3.41. The molecule has 20 heavy (non-hydrogen) atoms. The van der Waals surface area contributed by atoms with E-state index in [0.717, 1.165) is 43.0 Å². The molecule has 0 atom stereocenters. The van der Waals surface area contributed by atoms with Crippen LogP contribution < -0.4 is 5.73 Å². The molecule has 3 rings (SSSR count). The van der Waals surface area contributed by atoms with Gasteiger partial charge in [0.25, 0.3) is 0 Å². The second-order valence-electron chi connectivity index (χ2n) is 4.94. The first-order valence-corrected chi connectivity index (χ1v) is 6.98. The minimum absolute atomic E-state index is 0.767. The molecule has 0 fully saturated rings. The number of rotatable bonds is 5. The maximum atomic E-state index is 5.83. The van der Waals surface area contributed by atoms with Gasteiger partial charge in [0.15, 0.2) is 0 Å². The molecule has 0 radical (unpaired) electrons. The lowest BCUT2D eigenvalue weighted by Crippen LogP contribution is -2.06. The van der Waals surface area contributed by atoms with Gasteiger partial charge in [-0.15, -0.1) is 0 Å². The highest BCUT2D eigenvalue weighted by Crippen LogP contribution is 2.20. The number of nitrogen functional groups attached to an aromatic ring is 1. The third-order valence-electron chi connectivity index (χ3n) is 3.52. The molecule has 5 heteroatoms. The van der Waals surface area contributed by atoms with Crippen molar-refractivity contribution in [1.82, 2.24) is 19.1 Å². The zero-order valence-electron chi connectivity index (χ0n) is 11.7. The minimum atomic E-state index is 0.767. The Labute approximate surface area is 118 Å². The van der Waals surface area contributed by atoms with Crippen LogP contribution in [0.4, 0.5) is 5.69 Å². The van der Waals surface area contributed by atoms with Crippen molar-refractivity contribution in [2.75, 3.05) is 5.73 Å². The molecule has 2 heterocycles. The van der Waals surface area contributed by atoms with E-state index in [0.29, 0.717) is 0 Å². The number of fused-ring (bicyclic) bond motifs is 1. The van der Waals surface area contributed by atoms with Gasteiger partial charge >= 0.3 is 0 Å². The van der Waals surface area contributed by atoms with Crippen molar-refractivity contribution in [1.29, 1.82) is 0 Å². The molecule has 3 aromatic rings. The normalized spacial score (nSPS) is 11.2. The molecule has 0 spiro atoms. The average molecular weight is 269 g/mol. The molecule has 104 valence electrons. The summed E-state index contributed by atoms with van der Waals surface area (Å²) in [5.41, 5.74) is 8.75. The Bertz CT molecular complexity index is 696. The molecule has 2 N–H and O–H groups in total. The maximum Gasteiger partial charge on any atom is 0.109 e. The fourth-order valence-corrected chi connectivity index (χ4v) is 2.55. The zero-order chi connectivity index (χ0) is 13.9. The monoisotopic (exact) mass is 269 g/mol. The molecule has 0 bridgehead atoms. The van der Waals surface area contributed by atoms with Gasteiger partial charge in [0, 0.05) is 37.6 Å². The molecule has 0 aliphatic carbocycles. The van der Waals surface area contributed by atoms with E-state index in [-0.39, 0.29) is 0 Å². The lowest BCUT2D eigenvalue weighted by Gasteiger charge is -2.08. The van der Waals surface area contributed by atoms with Crippen LogP contribution in [0.25, 0.3) is 11.0 Å². The summed E-state index contributed by atoms with van der Waals surface area (Å²) in [7, 11) is 0. The standard InChI is InChI=1S/C15H19N5/c1-2-15-18-13-10-12(16)4-5-14(13)20(15)8-3-7-19-9-6-17-11-19/h4-6,9-11H,2-3,7-8,16H2,1H3. The van der Waals surface area contributed by atoms with Crippen molar-refractivity contribution < 1.29 is 0 Å². The van der Waals surface area contributed by atoms with Crippen LogP contribution in [0, 0.1) is 0 Å². The molecular weight excluding hydrogens is 250 g/mol. The van der Waals surface area contributed by atoms with Crippen molar-refractivity contribution >= 4 is 16.7 Å². The molecule has 5 nitrogen and oxygen atoms in total. The van der Waals surface area contributed by atoms with Gasteiger partial charge in [0.05, 0.1) is 17.4 Å². The van der Waals surface area contributed by atoms with Crippen molar-refractivity contribution in [3.05, 3.63) is 42.7 Å². The molecule has 2 aromatic heterocycles. The first kappa shape index (κ1) is 12.7. The fourth-order valence-electron chi connectivity index (χ4n) is 2.55. The lowest BCUT2D eigenvalue weighted by molar-refractivity contribution is 0.558. The van der Waals surface area contributed by atoms with Gasteiger partial charge in [-0.2, -0.15) is 0 Å². The second-order valence-corrected chi connectivity index (χ2v) is 4.94. The molecule has 0 saturated carbocycles. The van der Waals surface area contributed by atoms with E-state index in [1.54, 1.807) is 0 Å². The quantitative estimate of drug-likeness (QED) is 0.724. The molecule has 0 amide bonds. The zero-order valence-corrected chi connectivity index (χ0v) is 11.7. The number of nitrogens with zero attached hydrogens (tertiary/aromatic N) is 4. The van der Waals surface area contributed by atoms with Crippen LogP contribution in [-0.2, 0) is 19.5 Å². The van der Waals surface area contributed by atoms with E-state index in [2.05, 4.69) is 32.1 Å². The SMILES string of the molecule is CCc1nc2cc(N)ccc2n1CCCn1ccnc1. The Morgan fingerprint density at radius 2 is 2.15 bits per heavy atom. The second kappa shape index (κ2) is 5.36. The first-order chi connectivity index (χ1) is 9.78.